The van der Waals surface area contributed by atoms with Crippen LogP contribution in [0.15, 0.2) is 36.5 Å². The summed E-state index contributed by atoms with van der Waals surface area (Å²) in [7, 11) is 0. The van der Waals surface area contributed by atoms with Crippen LogP contribution in [0.1, 0.15) is 10.5 Å². The SMILES string of the molecule is Nc1ccc2[nH]nc(C(=O)Nc3cccnn3)c2c1. The van der Waals surface area contributed by atoms with E-state index in [0.717, 1.165) is 5.52 Å². The van der Waals surface area contributed by atoms with Gasteiger partial charge in [0.1, 0.15) is 0 Å². The Morgan fingerprint density at radius 3 is 3.00 bits per heavy atom. The second kappa shape index (κ2) is 4.37. The van der Waals surface area contributed by atoms with Gasteiger partial charge in [-0.1, -0.05) is 0 Å². The number of H-pyrrole nitrogens is 1. The molecule has 7 nitrogen and oxygen atoms in total. The first-order chi connectivity index (χ1) is 9.24. The number of anilines is 2. The Balaban J connectivity index is 1.96. The van der Waals surface area contributed by atoms with Gasteiger partial charge < -0.3 is 11.1 Å². The van der Waals surface area contributed by atoms with Crippen molar-refractivity contribution in [1.29, 1.82) is 0 Å². The Kier molecular flexibility index (Phi) is 2.57. The molecule has 0 atom stereocenters. The molecular formula is C12H10N6O. The minimum absolute atomic E-state index is 0.271. The molecule has 2 heterocycles. The van der Waals surface area contributed by atoms with E-state index < -0.39 is 0 Å². The number of aromatic nitrogens is 4. The van der Waals surface area contributed by atoms with Gasteiger partial charge in [0.15, 0.2) is 11.5 Å². The molecule has 19 heavy (non-hydrogen) atoms. The summed E-state index contributed by atoms with van der Waals surface area (Å²) >= 11 is 0. The molecule has 0 saturated carbocycles. The molecule has 0 unspecified atom stereocenters. The number of nitrogen functional groups attached to an aromatic ring is 1. The van der Waals surface area contributed by atoms with Crippen molar-refractivity contribution in [2.75, 3.05) is 11.1 Å². The molecule has 4 N–H and O–H groups in total. The fourth-order valence-corrected chi connectivity index (χ4v) is 1.75. The van der Waals surface area contributed by atoms with E-state index in [4.69, 9.17) is 5.73 Å². The van der Waals surface area contributed by atoms with Gasteiger partial charge in [-0.05, 0) is 30.3 Å². The Morgan fingerprint density at radius 1 is 1.32 bits per heavy atom. The van der Waals surface area contributed by atoms with Crippen LogP contribution >= 0.6 is 0 Å². The zero-order valence-corrected chi connectivity index (χ0v) is 9.79. The monoisotopic (exact) mass is 254 g/mol. The third-order valence-corrected chi connectivity index (χ3v) is 2.62. The summed E-state index contributed by atoms with van der Waals surface area (Å²) in [6.45, 7) is 0. The van der Waals surface area contributed by atoms with E-state index >= 15 is 0 Å². The summed E-state index contributed by atoms with van der Waals surface area (Å²) in [6, 6.07) is 8.55. The number of carbonyl (C=O) groups is 1. The van der Waals surface area contributed by atoms with Crippen molar-refractivity contribution < 1.29 is 4.79 Å². The molecule has 7 heteroatoms. The summed E-state index contributed by atoms with van der Waals surface area (Å²) in [5.74, 6) is 0.00454. The Hall–Kier alpha value is -2.96. The van der Waals surface area contributed by atoms with E-state index in [0.29, 0.717) is 16.9 Å². The second-order valence-electron chi connectivity index (χ2n) is 3.94. The molecule has 3 rings (SSSR count). The summed E-state index contributed by atoms with van der Waals surface area (Å²) in [6.07, 6.45) is 1.53. The first-order valence-corrected chi connectivity index (χ1v) is 5.57. The predicted molar refractivity (Wildman–Crippen MR) is 70.5 cm³/mol. The fraction of sp³-hybridized carbons (Fsp3) is 0. The maximum absolute atomic E-state index is 12.1. The molecule has 2 aromatic heterocycles. The standard InChI is InChI=1S/C12H10N6O/c13-7-3-4-9-8(6-7)11(18-16-9)12(19)15-10-2-1-5-14-17-10/h1-6H,13H2,(H,16,18)(H,15,17,19). The highest BCUT2D eigenvalue weighted by molar-refractivity contribution is 6.11. The highest BCUT2D eigenvalue weighted by atomic mass is 16.2. The number of rotatable bonds is 2. The number of carbonyl (C=O) groups excluding carboxylic acids is 1. The third kappa shape index (κ3) is 2.08. The largest absolute Gasteiger partial charge is 0.399 e. The van der Waals surface area contributed by atoms with Crippen LogP contribution in [-0.2, 0) is 0 Å². The number of fused-ring (bicyclic) bond motifs is 1. The van der Waals surface area contributed by atoms with Gasteiger partial charge >= 0.3 is 0 Å². The summed E-state index contributed by atoms with van der Waals surface area (Å²) in [5, 5.41) is 17.5. The number of nitrogens with two attached hydrogens (primary N) is 1. The maximum atomic E-state index is 12.1. The molecule has 1 amide bonds. The van der Waals surface area contributed by atoms with E-state index in [2.05, 4.69) is 25.7 Å². The molecule has 0 aliphatic heterocycles. The Labute approximate surface area is 107 Å². The van der Waals surface area contributed by atoms with Crippen LogP contribution in [0, 0.1) is 0 Å². The number of nitrogens with zero attached hydrogens (tertiary/aromatic N) is 3. The quantitative estimate of drug-likeness (QED) is 0.595. The van der Waals surface area contributed by atoms with Crippen LogP contribution in [0.5, 0.6) is 0 Å². The molecule has 0 fully saturated rings. The number of nitrogens with one attached hydrogen (secondary N) is 2. The number of amides is 1. The smallest absolute Gasteiger partial charge is 0.278 e. The van der Waals surface area contributed by atoms with Gasteiger partial charge in [-0.3, -0.25) is 9.89 Å². The van der Waals surface area contributed by atoms with E-state index in [9.17, 15) is 4.79 Å². The van der Waals surface area contributed by atoms with Crippen LogP contribution in [0.3, 0.4) is 0 Å². The average molecular weight is 254 g/mol. The van der Waals surface area contributed by atoms with Crippen LogP contribution in [-0.4, -0.2) is 26.3 Å². The minimum Gasteiger partial charge on any atom is -0.399 e. The first kappa shape index (κ1) is 11.1. The lowest BCUT2D eigenvalue weighted by Gasteiger charge is -2.01. The lowest BCUT2D eigenvalue weighted by Crippen LogP contribution is -2.14. The van der Waals surface area contributed by atoms with Crippen LogP contribution in [0.2, 0.25) is 0 Å². The molecule has 94 valence electrons. The van der Waals surface area contributed by atoms with E-state index in [1.54, 1.807) is 30.3 Å². The van der Waals surface area contributed by atoms with Crippen molar-refractivity contribution in [2.45, 2.75) is 0 Å². The molecule has 1 aromatic carbocycles. The van der Waals surface area contributed by atoms with Crippen molar-refractivity contribution in [3.05, 3.63) is 42.2 Å². The molecule has 0 bridgehead atoms. The molecule has 0 aliphatic carbocycles. The van der Waals surface area contributed by atoms with E-state index in [1.807, 2.05) is 0 Å². The number of hydrogen-bond donors (Lipinski definition) is 3. The zero-order chi connectivity index (χ0) is 13.2. The Morgan fingerprint density at radius 2 is 2.21 bits per heavy atom. The van der Waals surface area contributed by atoms with Gasteiger partial charge in [0.25, 0.3) is 5.91 Å². The molecule has 0 saturated heterocycles. The molecular weight excluding hydrogens is 244 g/mol. The highest BCUT2D eigenvalue weighted by Crippen LogP contribution is 2.19. The van der Waals surface area contributed by atoms with E-state index in [-0.39, 0.29) is 11.6 Å². The summed E-state index contributed by atoms with van der Waals surface area (Å²) in [4.78, 5) is 12.1. The zero-order valence-electron chi connectivity index (χ0n) is 9.79. The van der Waals surface area contributed by atoms with Crippen molar-refractivity contribution in [3.63, 3.8) is 0 Å². The van der Waals surface area contributed by atoms with Crippen molar-refractivity contribution >= 4 is 28.3 Å². The summed E-state index contributed by atoms with van der Waals surface area (Å²) in [5.41, 5.74) is 7.30. The normalized spacial score (nSPS) is 10.5. The Bertz CT molecular complexity index is 736. The maximum Gasteiger partial charge on any atom is 0.278 e. The topological polar surface area (TPSA) is 110 Å². The molecule has 0 spiro atoms. The number of benzene rings is 1. The van der Waals surface area contributed by atoms with Crippen LogP contribution < -0.4 is 11.1 Å². The minimum atomic E-state index is -0.364. The molecule has 0 radical (unpaired) electrons. The predicted octanol–water partition coefficient (Wildman–Crippen LogP) is 1.19. The highest BCUT2D eigenvalue weighted by Gasteiger charge is 2.14. The molecule has 0 aliphatic rings. The van der Waals surface area contributed by atoms with Crippen LogP contribution in [0.25, 0.3) is 10.9 Å². The second-order valence-corrected chi connectivity index (χ2v) is 3.94. The van der Waals surface area contributed by atoms with Gasteiger partial charge in [-0.15, -0.1) is 5.10 Å². The van der Waals surface area contributed by atoms with Crippen LogP contribution in [0.4, 0.5) is 11.5 Å². The summed E-state index contributed by atoms with van der Waals surface area (Å²) < 4.78 is 0. The van der Waals surface area contributed by atoms with Gasteiger partial charge in [0.05, 0.1) is 5.52 Å². The lowest BCUT2D eigenvalue weighted by molar-refractivity contribution is 0.102. The first-order valence-electron chi connectivity index (χ1n) is 5.57. The van der Waals surface area contributed by atoms with Gasteiger partial charge in [0.2, 0.25) is 0 Å². The molecule has 3 aromatic rings. The van der Waals surface area contributed by atoms with Gasteiger partial charge in [0, 0.05) is 17.3 Å². The van der Waals surface area contributed by atoms with Crippen molar-refractivity contribution in [1.82, 2.24) is 20.4 Å². The average Bonchev–Trinajstić information content (AvgIpc) is 2.82. The fourth-order valence-electron chi connectivity index (χ4n) is 1.75. The third-order valence-electron chi connectivity index (χ3n) is 2.62. The number of aromatic amines is 1. The number of hydrogen-bond acceptors (Lipinski definition) is 5. The van der Waals surface area contributed by atoms with Crippen molar-refractivity contribution in [2.24, 2.45) is 0 Å². The van der Waals surface area contributed by atoms with Crippen molar-refractivity contribution in [3.8, 4) is 0 Å². The van der Waals surface area contributed by atoms with E-state index in [1.165, 1.54) is 6.20 Å². The van der Waals surface area contributed by atoms with Gasteiger partial charge in [-0.2, -0.15) is 10.2 Å². The lowest BCUT2D eigenvalue weighted by atomic mass is 10.2. The van der Waals surface area contributed by atoms with Gasteiger partial charge in [-0.25, -0.2) is 0 Å².